The molecule has 2 aromatic carbocycles. The van der Waals surface area contributed by atoms with Gasteiger partial charge in [0.1, 0.15) is 0 Å². The lowest BCUT2D eigenvalue weighted by molar-refractivity contribution is 0.102. The maximum atomic E-state index is 12.1. The van der Waals surface area contributed by atoms with Crippen molar-refractivity contribution in [1.29, 1.82) is 0 Å². The Morgan fingerprint density at radius 2 is 1.79 bits per heavy atom. The molecule has 98 valence electrons. The summed E-state index contributed by atoms with van der Waals surface area (Å²) in [5.41, 5.74) is 2.05. The summed E-state index contributed by atoms with van der Waals surface area (Å²) in [5, 5.41) is 0. The number of hydrogen-bond acceptors (Lipinski definition) is 2. The number of Topliss-reactive ketones (excluding diaryl/α,β-unsaturated/α-hetero) is 1. The highest BCUT2D eigenvalue weighted by molar-refractivity contribution is 9.10. The first-order valence-corrected chi connectivity index (χ1v) is 7.98. The van der Waals surface area contributed by atoms with E-state index in [2.05, 4.69) is 22.9 Å². The average molecular weight is 335 g/mol. The van der Waals surface area contributed by atoms with E-state index >= 15 is 0 Å². The van der Waals surface area contributed by atoms with Crippen molar-refractivity contribution in [3.05, 3.63) is 64.1 Å². The van der Waals surface area contributed by atoms with Crippen LogP contribution < -0.4 is 0 Å². The van der Waals surface area contributed by atoms with Crippen LogP contribution in [0.3, 0.4) is 0 Å². The van der Waals surface area contributed by atoms with Crippen molar-refractivity contribution in [3.63, 3.8) is 0 Å². The summed E-state index contributed by atoms with van der Waals surface area (Å²) in [4.78, 5) is 13.2. The fourth-order valence-electron chi connectivity index (χ4n) is 1.71. The molecule has 0 spiro atoms. The number of carbonyl (C=O) groups is 1. The molecule has 0 N–H and O–H groups in total. The van der Waals surface area contributed by atoms with Gasteiger partial charge in [-0.05, 0) is 40.0 Å². The van der Waals surface area contributed by atoms with Crippen molar-refractivity contribution in [2.24, 2.45) is 0 Å². The van der Waals surface area contributed by atoms with Crippen LogP contribution >= 0.6 is 27.7 Å². The summed E-state index contributed by atoms with van der Waals surface area (Å²) in [6.07, 6.45) is 1.00. The smallest absolute Gasteiger partial charge is 0.173 e. The van der Waals surface area contributed by atoms with Crippen LogP contribution in [0.5, 0.6) is 0 Å². The van der Waals surface area contributed by atoms with E-state index in [1.54, 1.807) is 11.8 Å². The van der Waals surface area contributed by atoms with Gasteiger partial charge in [-0.15, -0.1) is 11.8 Å². The molecule has 0 aliphatic heterocycles. The van der Waals surface area contributed by atoms with E-state index in [0.29, 0.717) is 5.75 Å². The van der Waals surface area contributed by atoms with Gasteiger partial charge in [0.15, 0.2) is 5.78 Å². The van der Waals surface area contributed by atoms with Gasteiger partial charge in [-0.3, -0.25) is 4.79 Å². The highest BCUT2D eigenvalue weighted by Gasteiger charge is 2.07. The van der Waals surface area contributed by atoms with Crippen molar-refractivity contribution < 1.29 is 4.79 Å². The Kier molecular flexibility index (Phi) is 5.23. The minimum atomic E-state index is 0.170. The maximum absolute atomic E-state index is 12.1. The molecule has 0 unspecified atom stereocenters. The van der Waals surface area contributed by atoms with Crippen LogP contribution in [0.1, 0.15) is 22.8 Å². The molecule has 0 fully saturated rings. The van der Waals surface area contributed by atoms with Crippen LogP contribution in [0.15, 0.2) is 57.9 Å². The second-order valence-electron chi connectivity index (χ2n) is 4.19. The lowest BCUT2D eigenvalue weighted by Crippen LogP contribution is -2.02. The quantitative estimate of drug-likeness (QED) is 0.566. The van der Waals surface area contributed by atoms with E-state index in [1.807, 2.05) is 48.5 Å². The van der Waals surface area contributed by atoms with Gasteiger partial charge < -0.3 is 0 Å². The third-order valence-corrected chi connectivity index (χ3v) is 4.91. The molecule has 0 atom stereocenters. The molecule has 0 bridgehead atoms. The highest BCUT2D eigenvalue weighted by atomic mass is 79.9. The molecule has 0 radical (unpaired) electrons. The molecule has 0 aliphatic carbocycles. The highest BCUT2D eigenvalue weighted by Crippen LogP contribution is 2.27. The minimum Gasteiger partial charge on any atom is -0.293 e. The standard InChI is InChI=1S/C16H15BrOS/c1-2-12-7-9-13(10-8-12)15(18)11-19-16-6-4-3-5-14(16)17/h3-10H,2,11H2,1H3. The topological polar surface area (TPSA) is 17.1 Å². The molecule has 1 nitrogen and oxygen atoms in total. The van der Waals surface area contributed by atoms with E-state index in [0.717, 1.165) is 21.4 Å². The Morgan fingerprint density at radius 3 is 2.42 bits per heavy atom. The van der Waals surface area contributed by atoms with Gasteiger partial charge in [0.2, 0.25) is 0 Å². The molecule has 19 heavy (non-hydrogen) atoms. The number of carbonyl (C=O) groups excluding carboxylic acids is 1. The largest absolute Gasteiger partial charge is 0.293 e. The van der Waals surface area contributed by atoms with Crippen molar-refractivity contribution in [2.75, 3.05) is 5.75 Å². The Bertz CT molecular complexity index is 563. The number of hydrogen-bond donors (Lipinski definition) is 0. The third-order valence-electron chi connectivity index (χ3n) is 2.88. The zero-order valence-electron chi connectivity index (χ0n) is 10.7. The number of ketones is 1. The molecule has 3 heteroatoms. The average Bonchev–Trinajstić information content (AvgIpc) is 2.46. The van der Waals surface area contributed by atoms with Crippen LogP contribution in [0.4, 0.5) is 0 Å². The van der Waals surface area contributed by atoms with Gasteiger partial charge in [0, 0.05) is 14.9 Å². The van der Waals surface area contributed by atoms with Crippen LogP contribution in [0.2, 0.25) is 0 Å². The zero-order chi connectivity index (χ0) is 13.7. The summed E-state index contributed by atoms with van der Waals surface area (Å²) in [6, 6.07) is 15.8. The van der Waals surface area contributed by atoms with E-state index in [1.165, 1.54) is 5.56 Å². The normalized spacial score (nSPS) is 10.4. The number of halogens is 1. The predicted molar refractivity (Wildman–Crippen MR) is 85.0 cm³/mol. The second kappa shape index (κ2) is 6.92. The molecular formula is C16H15BrOS. The van der Waals surface area contributed by atoms with E-state index < -0.39 is 0 Å². The van der Waals surface area contributed by atoms with Crippen molar-refractivity contribution in [3.8, 4) is 0 Å². The first-order chi connectivity index (χ1) is 9.20. The van der Waals surface area contributed by atoms with Crippen molar-refractivity contribution in [2.45, 2.75) is 18.2 Å². The fraction of sp³-hybridized carbons (Fsp3) is 0.188. The van der Waals surface area contributed by atoms with Gasteiger partial charge >= 0.3 is 0 Å². The molecule has 0 aromatic heterocycles. The predicted octanol–water partition coefficient (Wildman–Crippen LogP) is 4.99. The van der Waals surface area contributed by atoms with Crippen LogP contribution in [-0.2, 0) is 6.42 Å². The number of aryl methyl sites for hydroxylation is 1. The number of benzene rings is 2. The Morgan fingerprint density at radius 1 is 1.11 bits per heavy atom. The molecule has 0 aliphatic rings. The zero-order valence-corrected chi connectivity index (χ0v) is 13.1. The maximum Gasteiger partial charge on any atom is 0.173 e. The van der Waals surface area contributed by atoms with Crippen molar-refractivity contribution in [1.82, 2.24) is 0 Å². The lowest BCUT2D eigenvalue weighted by Gasteiger charge is -2.04. The molecule has 0 heterocycles. The molecule has 2 rings (SSSR count). The Hall–Kier alpha value is -1.06. The van der Waals surface area contributed by atoms with Gasteiger partial charge in [0.05, 0.1) is 5.75 Å². The van der Waals surface area contributed by atoms with E-state index in [-0.39, 0.29) is 5.78 Å². The number of rotatable bonds is 5. The van der Waals surface area contributed by atoms with Gasteiger partial charge in [-0.2, -0.15) is 0 Å². The summed E-state index contributed by atoms with van der Waals surface area (Å²) < 4.78 is 1.04. The summed E-state index contributed by atoms with van der Waals surface area (Å²) in [5.74, 6) is 0.636. The molecule has 0 amide bonds. The van der Waals surface area contributed by atoms with E-state index in [9.17, 15) is 4.79 Å². The molecule has 2 aromatic rings. The van der Waals surface area contributed by atoms with E-state index in [4.69, 9.17) is 0 Å². The van der Waals surface area contributed by atoms with Crippen LogP contribution in [0.25, 0.3) is 0 Å². The Balaban J connectivity index is 1.99. The SMILES string of the molecule is CCc1ccc(C(=O)CSc2ccccc2Br)cc1. The first kappa shape index (κ1) is 14.4. The molecule has 0 saturated carbocycles. The summed E-state index contributed by atoms with van der Waals surface area (Å²) in [7, 11) is 0. The van der Waals surface area contributed by atoms with Crippen molar-refractivity contribution >= 4 is 33.5 Å². The molecule has 0 saturated heterocycles. The Labute approximate surface area is 126 Å². The lowest BCUT2D eigenvalue weighted by atomic mass is 10.1. The van der Waals surface area contributed by atoms with Gasteiger partial charge in [-0.25, -0.2) is 0 Å². The summed E-state index contributed by atoms with van der Waals surface area (Å²) >= 11 is 5.05. The minimum absolute atomic E-state index is 0.170. The van der Waals surface area contributed by atoms with Gasteiger partial charge in [0.25, 0.3) is 0 Å². The first-order valence-electron chi connectivity index (χ1n) is 6.20. The fourth-order valence-corrected chi connectivity index (χ4v) is 3.18. The number of thioether (sulfide) groups is 1. The monoisotopic (exact) mass is 334 g/mol. The second-order valence-corrected chi connectivity index (χ2v) is 6.06. The summed E-state index contributed by atoms with van der Waals surface area (Å²) in [6.45, 7) is 2.11. The third kappa shape index (κ3) is 3.95. The molecular weight excluding hydrogens is 320 g/mol. The van der Waals surface area contributed by atoms with Crippen LogP contribution in [-0.4, -0.2) is 11.5 Å². The van der Waals surface area contributed by atoms with Crippen LogP contribution in [0, 0.1) is 0 Å². The van der Waals surface area contributed by atoms with Gasteiger partial charge in [-0.1, -0.05) is 43.3 Å².